The van der Waals surface area contributed by atoms with E-state index in [1.807, 2.05) is 4.90 Å². The summed E-state index contributed by atoms with van der Waals surface area (Å²) in [7, 11) is 0. The number of rotatable bonds is 4. The minimum Gasteiger partial charge on any atom is -0.480 e. The maximum absolute atomic E-state index is 13.2. The molecular weight excluding hydrogens is 327 g/mol. The Hall–Kier alpha value is -0.980. The van der Waals surface area contributed by atoms with Gasteiger partial charge in [0.05, 0.1) is 4.47 Å². The molecule has 0 aromatic heterocycles. The Labute approximate surface area is 126 Å². The average molecular weight is 345 g/mol. The van der Waals surface area contributed by atoms with Crippen molar-refractivity contribution < 1.29 is 14.3 Å². The second-order valence-electron chi connectivity index (χ2n) is 5.07. The first-order valence-electron chi connectivity index (χ1n) is 6.60. The van der Waals surface area contributed by atoms with Crippen LogP contribution in [0.4, 0.5) is 4.39 Å². The molecule has 4 nitrogen and oxygen atoms in total. The summed E-state index contributed by atoms with van der Waals surface area (Å²) in [5.41, 5.74) is 1.05. The zero-order valence-corrected chi connectivity index (χ0v) is 12.9. The lowest BCUT2D eigenvalue weighted by Gasteiger charge is -2.36. The van der Waals surface area contributed by atoms with Crippen LogP contribution in [-0.4, -0.2) is 53.1 Å². The zero-order valence-electron chi connectivity index (χ0n) is 11.4. The third-order valence-electron chi connectivity index (χ3n) is 3.70. The number of benzene rings is 1. The van der Waals surface area contributed by atoms with Crippen LogP contribution in [0.25, 0.3) is 0 Å². The molecular formula is C14H18BrFN2O2. The molecule has 1 saturated heterocycles. The SMILES string of the molecule is CC(C(=O)O)N1CCN(Cc2ccc(F)c(Br)c2)CC1. The molecule has 1 N–H and O–H groups in total. The summed E-state index contributed by atoms with van der Waals surface area (Å²) in [6.45, 7) is 5.62. The van der Waals surface area contributed by atoms with Crippen LogP contribution in [-0.2, 0) is 11.3 Å². The van der Waals surface area contributed by atoms with Crippen molar-refractivity contribution in [3.63, 3.8) is 0 Å². The minimum atomic E-state index is -0.777. The van der Waals surface area contributed by atoms with Gasteiger partial charge in [-0.15, -0.1) is 0 Å². The van der Waals surface area contributed by atoms with Crippen LogP contribution in [0.5, 0.6) is 0 Å². The maximum Gasteiger partial charge on any atom is 0.320 e. The second kappa shape index (κ2) is 6.65. The summed E-state index contributed by atoms with van der Waals surface area (Å²) < 4.78 is 13.7. The van der Waals surface area contributed by atoms with Crippen LogP contribution in [0.1, 0.15) is 12.5 Å². The molecule has 1 aromatic carbocycles. The van der Waals surface area contributed by atoms with E-state index >= 15 is 0 Å². The van der Waals surface area contributed by atoms with E-state index in [-0.39, 0.29) is 5.82 Å². The van der Waals surface area contributed by atoms with Gasteiger partial charge < -0.3 is 5.11 Å². The first-order chi connectivity index (χ1) is 9.47. The van der Waals surface area contributed by atoms with Gasteiger partial charge in [0, 0.05) is 32.7 Å². The lowest BCUT2D eigenvalue weighted by atomic mass is 10.1. The van der Waals surface area contributed by atoms with Crippen molar-refractivity contribution in [2.75, 3.05) is 26.2 Å². The van der Waals surface area contributed by atoms with Crippen molar-refractivity contribution in [2.24, 2.45) is 0 Å². The van der Waals surface area contributed by atoms with Crippen LogP contribution in [0, 0.1) is 5.82 Å². The predicted molar refractivity (Wildman–Crippen MR) is 78.0 cm³/mol. The summed E-state index contributed by atoms with van der Waals surface area (Å²) in [4.78, 5) is 15.2. The molecule has 0 aliphatic carbocycles. The van der Waals surface area contributed by atoms with Crippen LogP contribution in [0.2, 0.25) is 0 Å². The number of nitrogens with zero attached hydrogens (tertiary/aromatic N) is 2. The highest BCUT2D eigenvalue weighted by molar-refractivity contribution is 9.10. The predicted octanol–water partition coefficient (Wildman–Crippen LogP) is 2.18. The molecule has 6 heteroatoms. The average Bonchev–Trinajstić information content (AvgIpc) is 2.43. The van der Waals surface area contributed by atoms with Gasteiger partial charge in [-0.05, 0) is 40.5 Å². The van der Waals surface area contributed by atoms with Crippen molar-refractivity contribution in [1.82, 2.24) is 9.80 Å². The van der Waals surface area contributed by atoms with Crippen molar-refractivity contribution >= 4 is 21.9 Å². The van der Waals surface area contributed by atoms with Gasteiger partial charge in [-0.3, -0.25) is 14.6 Å². The molecule has 1 fully saturated rings. The fourth-order valence-electron chi connectivity index (χ4n) is 2.36. The summed E-state index contributed by atoms with van der Waals surface area (Å²) in [6.07, 6.45) is 0. The Morgan fingerprint density at radius 3 is 2.60 bits per heavy atom. The molecule has 0 amide bonds. The lowest BCUT2D eigenvalue weighted by molar-refractivity contribution is -0.143. The third-order valence-corrected chi connectivity index (χ3v) is 4.31. The van der Waals surface area contributed by atoms with Gasteiger partial charge in [-0.1, -0.05) is 6.07 Å². The van der Waals surface area contributed by atoms with Crippen LogP contribution < -0.4 is 0 Å². The van der Waals surface area contributed by atoms with Crippen molar-refractivity contribution in [3.8, 4) is 0 Å². The molecule has 1 atom stereocenters. The number of piperazine rings is 1. The number of hydrogen-bond acceptors (Lipinski definition) is 3. The highest BCUT2D eigenvalue weighted by Crippen LogP contribution is 2.18. The molecule has 110 valence electrons. The number of halogens is 2. The molecule has 0 spiro atoms. The Bertz CT molecular complexity index is 490. The van der Waals surface area contributed by atoms with Crippen molar-refractivity contribution in [2.45, 2.75) is 19.5 Å². The largest absolute Gasteiger partial charge is 0.480 e. The molecule has 1 aromatic rings. The molecule has 2 rings (SSSR count). The van der Waals surface area contributed by atoms with E-state index in [1.54, 1.807) is 19.1 Å². The number of carboxylic acids is 1. The summed E-state index contributed by atoms with van der Waals surface area (Å²) in [5, 5.41) is 9.00. The Kier molecular flexibility index (Phi) is 5.12. The minimum absolute atomic E-state index is 0.256. The summed E-state index contributed by atoms with van der Waals surface area (Å²) >= 11 is 3.19. The van der Waals surface area contributed by atoms with Gasteiger partial charge in [-0.2, -0.15) is 0 Å². The molecule has 1 aliphatic rings. The van der Waals surface area contributed by atoms with E-state index in [4.69, 9.17) is 5.11 Å². The van der Waals surface area contributed by atoms with Gasteiger partial charge in [0.15, 0.2) is 0 Å². The zero-order chi connectivity index (χ0) is 14.7. The molecule has 1 heterocycles. The van der Waals surface area contributed by atoms with Gasteiger partial charge in [0.1, 0.15) is 11.9 Å². The van der Waals surface area contributed by atoms with E-state index in [9.17, 15) is 9.18 Å². The van der Waals surface area contributed by atoms with E-state index in [0.29, 0.717) is 4.47 Å². The van der Waals surface area contributed by atoms with Crippen LogP contribution >= 0.6 is 15.9 Å². The van der Waals surface area contributed by atoms with Gasteiger partial charge in [-0.25, -0.2) is 4.39 Å². The normalized spacial score (nSPS) is 18.9. The van der Waals surface area contributed by atoms with Gasteiger partial charge in [0.25, 0.3) is 0 Å². The van der Waals surface area contributed by atoms with E-state index in [1.165, 1.54) is 6.07 Å². The lowest BCUT2D eigenvalue weighted by Crippen LogP contribution is -2.51. The fraction of sp³-hybridized carbons (Fsp3) is 0.500. The fourth-order valence-corrected chi connectivity index (χ4v) is 2.79. The quantitative estimate of drug-likeness (QED) is 0.909. The first kappa shape index (κ1) is 15.4. The van der Waals surface area contributed by atoms with Crippen molar-refractivity contribution in [3.05, 3.63) is 34.1 Å². The summed E-state index contributed by atoms with van der Waals surface area (Å²) in [6, 6.07) is 4.60. The highest BCUT2D eigenvalue weighted by Gasteiger charge is 2.25. The van der Waals surface area contributed by atoms with Crippen molar-refractivity contribution in [1.29, 1.82) is 0 Å². The highest BCUT2D eigenvalue weighted by atomic mass is 79.9. The van der Waals surface area contributed by atoms with Crippen LogP contribution in [0.15, 0.2) is 22.7 Å². The third kappa shape index (κ3) is 3.77. The molecule has 0 saturated carbocycles. The molecule has 1 aliphatic heterocycles. The Morgan fingerprint density at radius 2 is 2.05 bits per heavy atom. The van der Waals surface area contributed by atoms with E-state index in [2.05, 4.69) is 20.8 Å². The number of hydrogen-bond donors (Lipinski definition) is 1. The monoisotopic (exact) mass is 344 g/mol. The number of carbonyl (C=O) groups is 1. The standard InChI is InChI=1S/C14H18BrFN2O2/c1-10(14(19)20)18-6-4-17(5-7-18)9-11-2-3-13(16)12(15)8-11/h2-3,8,10H,4-7,9H2,1H3,(H,19,20). The van der Waals surface area contributed by atoms with E-state index in [0.717, 1.165) is 38.3 Å². The first-order valence-corrected chi connectivity index (χ1v) is 7.40. The van der Waals surface area contributed by atoms with Gasteiger partial charge in [0.2, 0.25) is 0 Å². The Morgan fingerprint density at radius 1 is 1.40 bits per heavy atom. The molecule has 0 radical (unpaired) electrons. The number of aliphatic carboxylic acids is 1. The smallest absolute Gasteiger partial charge is 0.320 e. The second-order valence-corrected chi connectivity index (χ2v) is 5.93. The van der Waals surface area contributed by atoms with Crippen LogP contribution in [0.3, 0.4) is 0 Å². The Balaban J connectivity index is 1.88. The molecule has 20 heavy (non-hydrogen) atoms. The molecule has 1 unspecified atom stereocenters. The topological polar surface area (TPSA) is 43.8 Å². The molecule has 0 bridgehead atoms. The maximum atomic E-state index is 13.2. The number of carboxylic acid groups (broad SMARTS) is 1. The summed E-state index contributed by atoms with van der Waals surface area (Å²) in [5.74, 6) is -1.03. The van der Waals surface area contributed by atoms with Gasteiger partial charge >= 0.3 is 5.97 Å². The van der Waals surface area contributed by atoms with E-state index < -0.39 is 12.0 Å².